The molecule has 0 saturated heterocycles. The first kappa shape index (κ1) is 15.5. The Labute approximate surface area is 115 Å². The normalized spacial score (nSPS) is 12.2. The van der Waals surface area contributed by atoms with Gasteiger partial charge in [0.1, 0.15) is 5.75 Å². The number of benzene rings is 1. The molecule has 1 atom stereocenters. The van der Waals surface area contributed by atoms with Crippen molar-refractivity contribution in [3.63, 3.8) is 0 Å². The van der Waals surface area contributed by atoms with Crippen LogP contribution in [0.1, 0.15) is 30.9 Å². The summed E-state index contributed by atoms with van der Waals surface area (Å²) in [5.74, 6) is 0.522. The van der Waals surface area contributed by atoms with Crippen molar-refractivity contribution in [1.29, 1.82) is 0 Å². The van der Waals surface area contributed by atoms with Crippen LogP contribution >= 0.6 is 0 Å². The summed E-state index contributed by atoms with van der Waals surface area (Å²) in [4.78, 5) is 11.3. The molecule has 0 heterocycles. The van der Waals surface area contributed by atoms with Crippen molar-refractivity contribution in [2.24, 2.45) is 5.73 Å². The van der Waals surface area contributed by atoms with Crippen LogP contribution in [0.25, 0.3) is 0 Å². The average molecular weight is 264 g/mol. The van der Waals surface area contributed by atoms with E-state index in [0.29, 0.717) is 13.0 Å². The second kappa shape index (κ2) is 7.79. The van der Waals surface area contributed by atoms with Gasteiger partial charge in [-0.15, -0.1) is 0 Å². The van der Waals surface area contributed by atoms with E-state index in [1.165, 1.54) is 11.1 Å². The molecule has 4 heteroatoms. The predicted octanol–water partition coefficient (Wildman–Crippen LogP) is 1.93. The average Bonchev–Trinajstić information content (AvgIpc) is 2.31. The van der Waals surface area contributed by atoms with Crippen molar-refractivity contribution in [1.82, 2.24) is 5.32 Å². The lowest BCUT2D eigenvalue weighted by Crippen LogP contribution is -2.42. The lowest BCUT2D eigenvalue weighted by molar-refractivity contribution is -0.120. The van der Waals surface area contributed by atoms with Crippen LogP contribution in [0.15, 0.2) is 18.2 Å². The number of nitrogens with two attached hydrogens (primary N) is 1. The van der Waals surface area contributed by atoms with E-state index < -0.39 is 0 Å². The molecule has 3 N–H and O–H groups in total. The quantitative estimate of drug-likeness (QED) is 0.754. The van der Waals surface area contributed by atoms with Gasteiger partial charge >= 0.3 is 0 Å². The van der Waals surface area contributed by atoms with Crippen molar-refractivity contribution < 1.29 is 9.53 Å². The first-order valence-electron chi connectivity index (χ1n) is 6.76. The molecule has 0 aliphatic carbocycles. The maximum absolute atomic E-state index is 11.3. The molecule has 0 fully saturated rings. The van der Waals surface area contributed by atoms with Crippen molar-refractivity contribution in [2.75, 3.05) is 13.2 Å². The summed E-state index contributed by atoms with van der Waals surface area (Å²) in [6.07, 6.45) is 1.56. The summed E-state index contributed by atoms with van der Waals surface area (Å²) in [5.41, 5.74) is 7.69. The number of hydrogen-bond donors (Lipinski definition) is 2. The molecule has 4 nitrogen and oxygen atoms in total. The zero-order valence-corrected chi connectivity index (χ0v) is 12.0. The van der Waals surface area contributed by atoms with Crippen LogP contribution in [0.4, 0.5) is 0 Å². The highest BCUT2D eigenvalue weighted by Crippen LogP contribution is 2.16. The van der Waals surface area contributed by atoms with Crippen LogP contribution in [0.3, 0.4) is 0 Å². The summed E-state index contributed by atoms with van der Waals surface area (Å²) in [5, 5.41) is 3.12. The zero-order valence-electron chi connectivity index (χ0n) is 12.0. The Morgan fingerprint density at radius 2 is 1.95 bits per heavy atom. The molecule has 106 valence electrons. The Morgan fingerprint density at radius 1 is 1.32 bits per heavy atom. The van der Waals surface area contributed by atoms with E-state index in [1.807, 2.05) is 26.0 Å². The first-order chi connectivity index (χ1) is 9.02. The lowest BCUT2D eigenvalue weighted by atomic mass is 10.1. The molecule has 0 aromatic heterocycles. The fourth-order valence-corrected chi connectivity index (χ4v) is 1.97. The number of carbonyl (C=O) groups is 1. The molecule has 0 aliphatic rings. The van der Waals surface area contributed by atoms with E-state index in [2.05, 4.69) is 18.3 Å². The summed E-state index contributed by atoms with van der Waals surface area (Å²) >= 11 is 0. The minimum atomic E-state index is -0.322. The molecule has 0 aliphatic heterocycles. The maximum Gasteiger partial charge on any atom is 0.234 e. The Balaban J connectivity index is 2.44. The Bertz CT molecular complexity index is 398. The first-order valence-corrected chi connectivity index (χ1v) is 6.76. The van der Waals surface area contributed by atoms with Gasteiger partial charge in [-0.25, -0.2) is 0 Å². The molecule has 1 amide bonds. The van der Waals surface area contributed by atoms with Gasteiger partial charge < -0.3 is 15.8 Å². The van der Waals surface area contributed by atoms with Crippen LogP contribution in [-0.2, 0) is 4.79 Å². The minimum Gasteiger partial charge on any atom is -0.494 e. The number of primary amides is 1. The summed E-state index contributed by atoms with van der Waals surface area (Å²) in [7, 11) is 0. The van der Waals surface area contributed by atoms with E-state index >= 15 is 0 Å². The number of hydrogen-bond acceptors (Lipinski definition) is 3. The number of nitrogens with one attached hydrogen (secondary N) is 1. The molecule has 0 bridgehead atoms. The van der Waals surface area contributed by atoms with Gasteiger partial charge in [0.15, 0.2) is 0 Å². The van der Waals surface area contributed by atoms with Crippen molar-refractivity contribution in [3.05, 3.63) is 29.3 Å². The topological polar surface area (TPSA) is 64.3 Å². The number of rotatable bonds is 8. The van der Waals surface area contributed by atoms with E-state index in [0.717, 1.165) is 18.7 Å². The molecule has 1 rings (SSSR count). The van der Waals surface area contributed by atoms with Gasteiger partial charge in [0.2, 0.25) is 5.91 Å². The molecule has 0 radical (unpaired) electrons. The van der Waals surface area contributed by atoms with Crippen molar-refractivity contribution in [3.8, 4) is 5.75 Å². The number of carbonyl (C=O) groups excluding carboxylic acids is 1. The largest absolute Gasteiger partial charge is 0.494 e. The second-order valence-corrected chi connectivity index (χ2v) is 4.87. The van der Waals surface area contributed by atoms with Gasteiger partial charge in [-0.2, -0.15) is 0 Å². The Hall–Kier alpha value is -1.55. The highest BCUT2D eigenvalue weighted by molar-refractivity contribution is 5.79. The standard InChI is InChI=1S/C15H24N2O2/c1-4-6-17-14(15(16)18)5-7-19-13-9-11(2)8-12(3)10-13/h8-10,14,17H,4-7H2,1-3H3,(H2,16,18). The maximum atomic E-state index is 11.3. The molecule has 0 spiro atoms. The van der Waals surface area contributed by atoms with Crippen molar-refractivity contribution in [2.45, 2.75) is 39.7 Å². The van der Waals surface area contributed by atoms with Crippen LogP contribution < -0.4 is 15.8 Å². The fraction of sp³-hybridized carbons (Fsp3) is 0.533. The Kier molecular flexibility index (Phi) is 6.36. The third-order valence-electron chi connectivity index (χ3n) is 2.85. The molecule has 1 aromatic rings. The van der Waals surface area contributed by atoms with E-state index in [4.69, 9.17) is 10.5 Å². The molecule has 19 heavy (non-hydrogen) atoms. The van der Waals surface area contributed by atoms with Gasteiger partial charge in [-0.05, 0) is 50.1 Å². The smallest absolute Gasteiger partial charge is 0.234 e. The number of ether oxygens (including phenoxy) is 1. The van der Waals surface area contributed by atoms with Crippen LogP contribution in [-0.4, -0.2) is 25.1 Å². The summed E-state index contributed by atoms with van der Waals surface area (Å²) in [6, 6.07) is 5.77. The lowest BCUT2D eigenvalue weighted by Gasteiger charge is -2.15. The third kappa shape index (κ3) is 5.75. The second-order valence-electron chi connectivity index (χ2n) is 4.87. The molecule has 1 unspecified atom stereocenters. The summed E-state index contributed by atoms with van der Waals surface area (Å²) < 4.78 is 5.68. The number of aryl methyl sites for hydroxylation is 2. The minimum absolute atomic E-state index is 0.314. The van der Waals surface area contributed by atoms with Crippen molar-refractivity contribution >= 4 is 5.91 Å². The molecule has 1 aromatic carbocycles. The van der Waals surface area contributed by atoms with Gasteiger partial charge in [0.25, 0.3) is 0 Å². The Morgan fingerprint density at radius 3 is 2.47 bits per heavy atom. The van der Waals surface area contributed by atoms with E-state index in [1.54, 1.807) is 0 Å². The van der Waals surface area contributed by atoms with Gasteiger partial charge in [-0.1, -0.05) is 13.0 Å². The van der Waals surface area contributed by atoms with E-state index in [-0.39, 0.29) is 11.9 Å². The highest BCUT2D eigenvalue weighted by Gasteiger charge is 2.13. The molecule has 0 saturated carbocycles. The van der Waals surface area contributed by atoms with E-state index in [9.17, 15) is 4.79 Å². The SMILES string of the molecule is CCCNC(CCOc1cc(C)cc(C)c1)C(N)=O. The summed E-state index contributed by atoms with van der Waals surface area (Å²) in [6.45, 7) is 7.39. The highest BCUT2D eigenvalue weighted by atomic mass is 16.5. The fourth-order valence-electron chi connectivity index (χ4n) is 1.97. The van der Waals surface area contributed by atoms with Crippen LogP contribution in [0.2, 0.25) is 0 Å². The van der Waals surface area contributed by atoms with Gasteiger partial charge in [-0.3, -0.25) is 4.79 Å². The van der Waals surface area contributed by atoms with Gasteiger partial charge in [0, 0.05) is 6.42 Å². The number of amides is 1. The predicted molar refractivity (Wildman–Crippen MR) is 77.3 cm³/mol. The molecular formula is C15H24N2O2. The van der Waals surface area contributed by atoms with Gasteiger partial charge in [0.05, 0.1) is 12.6 Å². The third-order valence-corrected chi connectivity index (χ3v) is 2.85. The molecular weight excluding hydrogens is 240 g/mol. The zero-order chi connectivity index (χ0) is 14.3. The van der Waals surface area contributed by atoms with Crippen LogP contribution in [0, 0.1) is 13.8 Å². The van der Waals surface area contributed by atoms with Crippen LogP contribution in [0.5, 0.6) is 5.75 Å². The monoisotopic (exact) mass is 264 g/mol.